The number of carbonyl (C=O) groups excluding carboxylic acids is 1. The van der Waals surface area contributed by atoms with E-state index < -0.39 is 0 Å². The molecule has 2 amide bonds. The van der Waals surface area contributed by atoms with Gasteiger partial charge in [-0.1, -0.05) is 54.6 Å². The highest BCUT2D eigenvalue weighted by molar-refractivity contribution is 5.90. The number of urea groups is 1. The van der Waals surface area contributed by atoms with Crippen LogP contribution in [-0.4, -0.2) is 36.3 Å². The fourth-order valence-electron chi connectivity index (χ4n) is 3.05. The van der Waals surface area contributed by atoms with E-state index in [4.69, 9.17) is 9.47 Å². The Bertz CT molecular complexity index is 947. The quantitative estimate of drug-likeness (QED) is 0.556. The Morgan fingerprint density at radius 2 is 1.60 bits per heavy atom. The first-order valence-corrected chi connectivity index (χ1v) is 9.75. The molecule has 156 valence electrons. The number of para-hydroxylation sites is 3. The van der Waals surface area contributed by atoms with E-state index in [1.165, 1.54) is 0 Å². The van der Waals surface area contributed by atoms with Gasteiger partial charge >= 0.3 is 6.03 Å². The number of hydrogen-bond acceptors (Lipinski definition) is 4. The monoisotopic (exact) mass is 406 g/mol. The van der Waals surface area contributed by atoms with Gasteiger partial charge in [0.1, 0.15) is 18.1 Å². The summed E-state index contributed by atoms with van der Waals surface area (Å²) in [6.07, 6.45) is 0. The summed E-state index contributed by atoms with van der Waals surface area (Å²) in [6.45, 7) is 0.708. The van der Waals surface area contributed by atoms with E-state index >= 15 is 0 Å². The molecule has 6 nitrogen and oxygen atoms in total. The predicted octanol–water partition coefficient (Wildman–Crippen LogP) is 4.30. The Labute approximate surface area is 176 Å². The molecule has 0 fully saturated rings. The molecule has 3 aromatic carbocycles. The number of amides is 2. The number of rotatable bonds is 9. The molecule has 0 aromatic heterocycles. The van der Waals surface area contributed by atoms with E-state index in [0.717, 1.165) is 16.9 Å². The zero-order valence-corrected chi connectivity index (χ0v) is 17.0. The highest BCUT2D eigenvalue weighted by atomic mass is 16.5. The van der Waals surface area contributed by atoms with Crippen LogP contribution in [0.25, 0.3) is 0 Å². The first-order chi connectivity index (χ1) is 14.7. The normalized spacial score (nSPS) is 10.3. The van der Waals surface area contributed by atoms with Gasteiger partial charge in [0.25, 0.3) is 0 Å². The number of benzene rings is 3. The predicted molar refractivity (Wildman–Crippen MR) is 117 cm³/mol. The molecule has 0 radical (unpaired) electrons. The summed E-state index contributed by atoms with van der Waals surface area (Å²) in [5.41, 5.74) is 2.39. The standard InChI is InChI=1S/C24H26N2O4/c1-29-23-14-8-6-9-19(23)17-26(15-16-27)24(28)25-22-13-7-5-10-20(22)18-30-21-11-3-2-4-12-21/h2-14,27H,15-18H2,1H3,(H,25,28). The number of aliphatic hydroxyl groups is 1. The lowest BCUT2D eigenvalue weighted by atomic mass is 10.2. The second-order valence-corrected chi connectivity index (χ2v) is 6.65. The lowest BCUT2D eigenvalue weighted by Crippen LogP contribution is -2.36. The molecule has 0 saturated heterocycles. The van der Waals surface area contributed by atoms with Crippen LogP contribution in [0.4, 0.5) is 10.5 Å². The molecule has 0 unspecified atom stereocenters. The van der Waals surface area contributed by atoms with Gasteiger partial charge in [-0.2, -0.15) is 0 Å². The maximum Gasteiger partial charge on any atom is 0.322 e. The summed E-state index contributed by atoms with van der Waals surface area (Å²) in [5, 5.41) is 12.4. The molecular weight excluding hydrogens is 380 g/mol. The third-order valence-corrected chi connectivity index (χ3v) is 4.61. The molecule has 0 bridgehead atoms. The SMILES string of the molecule is COc1ccccc1CN(CCO)C(=O)Nc1ccccc1COc1ccccc1. The lowest BCUT2D eigenvalue weighted by Gasteiger charge is -2.24. The van der Waals surface area contributed by atoms with Crippen LogP contribution >= 0.6 is 0 Å². The Morgan fingerprint density at radius 1 is 0.933 bits per heavy atom. The molecule has 0 aliphatic carbocycles. The van der Waals surface area contributed by atoms with Crippen molar-refractivity contribution in [3.8, 4) is 11.5 Å². The van der Waals surface area contributed by atoms with E-state index in [2.05, 4.69) is 5.32 Å². The number of anilines is 1. The first kappa shape index (κ1) is 21.2. The van der Waals surface area contributed by atoms with Crippen LogP contribution < -0.4 is 14.8 Å². The summed E-state index contributed by atoms with van der Waals surface area (Å²) in [4.78, 5) is 14.5. The molecular formula is C24H26N2O4. The van der Waals surface area contributed by atoms with E-state index in [0.29, 0.717) is 24.6 Å². The molecule has 3 rings (SSSR count). The molecule has 0 aliphatic rings. The van der Waals surface area contributed by atoms with Crippen LogP contribution in [0.2, 0.25) is 0 Å². The van der Waals surface area contributed by atoms with Gasteiger partial charge in [-0.05, 0) is 24.3 Å². The molecule has 0 heterocycles. The van der Waals surface area contributed by atoms with Crippen molar-refractivity contribution >= 4 is 11.7 Å². The smallest absolute Gasteiger partial charge is 0.322 e. The summed E-state index contributed by atoms with van der Waals surface area (Å²) in [7, 11) is 1.60. The summed E-state index contributed by atoms with van der Waals surface area (Å²) >= 11 is 0. The maximum absolute atomic E-state index is 13.0. The lowest BCUT2D eigenvalue weighted by molar-refractivity contribution is 0.184. The number of ether oxygens (including phenoxy) is 2. The van der Waals surface area contributed by atoms with E-state index in [1.54, 1.807) is 12.0 Å². The minimum Gasteiger partial charge on any atom is -0.496 e. The zero-order valence-electron chi connectivity index (χ0n) is 17.0. The first-order valence-electron chi connectivity index (χ1n) is 9.75. The Balaban J connectivity index is 1.71. The number of aliphatic hydroxyl groups excluding tert-OH is 1. The van der Waals surface area contributed by atoms with Crippen molar-refractivity contribution in [1.29, 1.82) is 0 Å². The number of hydrogen-bond donors (Lipinski definition) is 2. The maximum atomic E-state index is 13.0. The van der Waals surface area contributed by atoms with E-state index in [-0.39, 0.29) is 19.2 Å². The van der Waals surface area contributed by atoms with Crippen LogP contribution in [0.5, 0.6) is 11.5 Å². The summed E-state index contributed by atoms with van der Waals surface area (Å²) in [6, 6.07) is 24.2. The largest absolute Gasteiger partial charge is 0.496 e. The Kier molecular flexibility index (Phi) is 7.69. The van der Waals surface area contributed by atoms with Crippen molar-refractivity contribution in [1.82, 2.24) is 4.90 Å². The molecule has 2 N–H and O–H groups in total. The van der Waals surface area contributed by atoms with Gasteiger partial charge in [-0.25, -0.2) is 4.79 Å². The van der Waals surface area contributed by atoms with Crippen molar-refractivity contribution in [2.75, 3.05) is 25.6 Å². The molecule has 0 spiro atoms. The minimum atomic E-state index is -0.304. The fourth-order valence-corrected chi connectivity index (χ4v) is 3.05. The van der Waals surface area contributed by atoms with Crippen molar-refractivity contribution < 1.29 is 19.4 Å². The van der Waals surface area contributed by atoms with Crippen LogP contribution in [0, 0.1) is 0 Å². The van der Waals surface area contributed by atoms with Crippen LogP contribution in [0.3, 0.4) is 0 Å². The van der Waals surface area contributed by atoms with Gasteiger partial charge in [-0.15, -0.1) is 0 Å². The Morgan fingerprint density at radius 3 is 2.33 bits per heavy atom. The van der Waals surface area contributed by atoms with Crippen LogP contribution in [-0.2, 0) is 13.2 Å². The number of nitrogens with zero attached hydrogens (tertiary/aromatic N) is 1. The molecule has 30 heavy (non-hydrogen) atoms. The van der Waals surface area contributed by atoms with Gasteiger partial charge in [0, 0.05) is 23.4 Å². The number of methoxy groups -OCH3 is 1. The zero-order chi connectivity index (χ0) is 21.2. The van der Waals surface area contributed by atoms with Crippen molar-refractivity contribution in [3.05, 3.63) is 90.0 Å². The topological polar surface area (TPSA) is 71.0 Å². The minimum absolute atomic E-state index is 0.138. The van der Waals surface area contributed by atoms with Gasteiger partial charge in [0.2, 0.25) is 0 Å². The molecule has 0 atom stereocenters. The number of nitrogens with one attached hydrogen (secondary N) is 1. The third-order valence-electron chi connectivity index (χ3n) is 4.61. The van der Waals surface area contributed by atoms with Crippen LogP contribution in [0.1, 0.15) is 11.1 Å². The summed E-state index contributed by atoms with van der Waals surface area (Å²) < 4.78 is 11.2. The van der Waals surface area contributed by atoms with Gasteiger partial charge in [-0.3, -0.25) is 0 Å². The van der Waals surface area contributed by atoms with Gasteiger partial charge < -0.3 is 24.8 Å². The van der Waals surface area contributed by atoms with Crippen molar-refractivity contribution in [3.63, 3.8) is 0 Å². The molecule has 0 saturated carbocycles. The van der Waals surface area contributed by atoms with Gasteiger partial charge in [0.05, 0.1) is 20.3 Å². The second kappa shape index (κ2) is 10.9. The van der Waals surface area contributed by atoms with E-state index in [9.17, 15) is 9.90 Å². The van der Waals surface area contributed by atoms with Crippen molar-refractivity contribution in [2.24, 2.45) is 0 Å². The van der Waals surface area contributed by atoms with Crippen molar-refractivity contribution in [2.45, 2.75) is 13.2 Å². The average Bonchev–Trinajstić information content (AvgIpc) is 2.79. The second-order valence-electron chi connectivity index (χ2n) is 6.65. The molecule has 3 aromatic rings. The average molecular weight is 406 g/mol. The molecule has 6 heteroatoms. The molecule has 0 aliphatic heterocycles. The highest BCUT2D eigenvalue weighted by Gasteiger charge is 2.17. The Hall–Kier alpha value is -3.51. The van der Waals surface area contributed by atoms with Gasteiger partial charge in [0.15, 0.2) is 0 Å². The third kappa shape index (κ3) is 5.75. The highest BCUT2D eigenvalue weighted by Crippen LogP contribution is 2.22. The van der Waals surface area contributed by atoms with Crippen LogP contribution in [0.15, 0.2) is 78.9 Å². The summed E-state index contributed by atoms with van der Waals surface area (Å²) in [5.74, 6) is 1.46. The van der Waals surface area contributed by atoms with E-state index in [1.807, 2.05) is 78.9 Å². The fraction of sp³-hybridized carbons (Fsp3) is 0.208. The number of carbonyl (C=O) groups is 1.